The Kier molecular flexibility index (Phi) is 4.50. The first kappa shape index (κ1) is 12.5. The van der Waals surface area contributed by atoms with Gasteiger partial charge in [0.25, 0.3) is 0 Å². The van der Waals surface area contributed by atoms with Gasteiger partial charge in [-0.2, -0.15) is 0 Å². The van der Waals surface area contributed by atoms with E-state index in [-0.39, 0.29) is 0 Å². The van der Waals surface area contributed by atoms with E-state index < -0.39 is 0 Å². The number of hydrogen-bond acceptors (Lipinski definition) is 4. The van der Waals surface area contributed by atoms with Gasteiger partial charge in [0, 0.05) is 19.6 Å². The van der Waals surface area contributed by atoms with Crippen molar-refractivity contribution in [2.24, 2.45) is 11.7 Å². The molecule has 0 amide bonds. The summed E-state index contributed by atoms with van der Waals surface area (Å²) in [5.41, 5.74) is 5.71. The van der Waals surface area contributed by atoms with Crippen molar-refractivity contribution in [1.82, 2.24) is 14.8 Å². The van der Waals surface area contributed by atoms with Crippen molar-refractivity contribution in [1.29, 1.82) is 0 Å². The molecule has 0 atom stereocenters. The molecule has 0 saturated heterocycles. The molecule has 17 heavy (non-hydrogen) atoms. The van der Waals surface area contributed by atoms with E-state index in [1.165, 1.54) is 25.7 Å². The van der Waals surface area contributed by atoms with Crippen molar-refractivity contribution in [2.45, 2.75) is 38.1 Å². The maximum atomic E-state index is 5.71. The summed E-state index contributed by atoms with van der Waals surface area (Å²) in [6.45, 7) is 2.38. The molecule has 1 fully saturated rings. The summed E-state index contributed by atoms with van der Waals surface area (Å²) in [5, 5.41) is 8.29. The Balaban J connectivity index is 1.95. The van der Waals surface area contributed by atoms with Crippen LogP contribution in [-0.4, -0.2) is 35.0 Å². The number of nitrogens with zero attached hydrogens (tertiary/aromatic N) is 3. The van der Waals surface area contributed by atoms with Crippen LogP contribution < -0.4 is 5.73 Å². The third-order valence-corrected chi connectivity index (χ3v) is 3.73. The molecular formula is C12H22N4O. The smallest absolute Gasteiger partial charge is 0.135 e. The van der Waals surface area contributed by atoms with E-state index in [9.17, 15) is 0 Å². The average molecular weight is 238 g/mol. The molecule has 0 radical (unpaired) electrons. The van der Waals surface area contributed by atoms with Gasteiger partial charge in [0.15, 0.2) is 0 Å². The highest BCUT2D eigenvalue weighted by Crippen LogP contribution is 2.34. The lowest BCUT2D eigenvalue weighted by molar-refractivity contribution is 0.185. The maximum Gasteiger partial charge on any atom is 0.135 e. The van der Waals surface area contributed by atoms with Gasteiger partial charge in [0.05, 0.1) is 6.61 Å². The molecule has 1 aliphatic carbocycles. The SMILES string of the molecule is COCCn1cnnc1C1CCC(CN)CC1. The molecule has 0 spiro atoms. The molecular weight excluding hydrogens is 216 g/mol. The molecule has 96 valence electrons. The zero-order valence-corrected chi connectivity index (χ0v) is 10.5. The van der Waals surface area contributed by atoms with Crippen LogP contribution >= 0.6 is 0 Å². The van der Waals surface area contributed by atoms with E-state index >= 15 is 0 Å². The molecule has 5 heteroatoms. The quantitative estimate of drug-likeness (QED) is 0.836. The fourth-order valence-electron chi connectivity index (χ4n) is 2.60. The Morgan fingerprint density at radius 1 is 1.41 bits per heavy atom. The first-order valence-electron chi connectivity index (χ1n) is 6.41. The third kappa shape index (κ3) is 3.04. The summed E-state index contributed by atoms with van der Waals surface area (Å²) < 4.78 is 7.22. The van der Waals surface area contributed by atoms with Crippen molar-refractivity contribution < 1.29 is 4.74 Å². The van der Waals surface area contributed by atoms with Gasteiger partial charge in [-0.3, -0.25) is 0 Å². The Bertz CT molecular complexity index is 331. The van der Waals surface area contributed by atoms with E-state index in [0.717, 1.165) is 18.9 Å². The highest BCUT2D eigenvalue weighted by molar-refractivity contribution is 4.98. The first-order valence-corrected chi connectivity index (χ1v) is 6.41. The van der Waals surface area contributed by atoms with Crippen LogP contribution in [0.1, 0.15) is 37.4 Å². The molecule has 1 saturated carbocycles. The second kappa shape index (κ2) is 6.12. The fraction of sp³-hybridized carbons (Fsp3) is 0.833. The van der Waals surface area contributed by atoms with Crippen molar-refractivity contribution in [3.05, 3.63) is 12.2 Å². The monoisotopic (exact) mass is 238 g/mol. The van der Waals surface area contributed by atoms with Gasteiger partial charge in [-0.1, -0.05) is 0 Å². The summed E-state index contributed by atoms with van der Waals surface area (Å²) in [5.74, 6) is 2.39. The van der Waals surface area contributed by atoms with Gasteiger partial charge in [-0.15, -0.1) is 10.2 Å². The van der Waals surface area contributed by atoms with E-state index in [2.05, 4.69) is 14.8 Å². The second-order valence-electron chi connectivity index (χ2n) is 4.83. The van der Waals surface area contributed by atoms with Gasteiger partial charge >= 0.3 is 0 Å². The van der Waals surface area contributed by atoms with Crippen molar-refractivity contribution >= 4 is 0 Å². The minimum Gasteiger partial charge on any atom is -0.383 e. The van der Waals surface area contributed by atoms with Crippen molar-refractivity contribution in [3.63, 3.8) is 0 Å². The number of ether oxygens (including phenoxy) is 1. The van der Waals surface area contributed by atoms with E-state index in [4.69, 9.17) is 10.5 Å². The predicted molar refractivity (Wildman–Crippen MR) is 65.7 cm³/mol. The molecule has 2 N–H and O–H groups in total. The molecule has 5 nitrogen and oxygen atoms in total. The van der Waals surface area contributed by atoms with Gasteiger partial charge in [0.2, 0.25) is 0 Å². The fourth-order valence-corrected chi connectivity index (χ4v) is 2.60. The van der Waals surface area contributed by atoms with Crippen LogP contribution in [0.2, 0.25) is 0 Å². The minimum atomic E-state index is 0.553. The lowest BCUT2D eigenvalue weighted by Crippen LogP contribution is -2.22. The first-order chi connectivity index (χ1) is 8.35. The Labute approximate surface area is 102 Å². The summed E-state index contributed by atoms with van der Waals surface area (Å²) in [7, 11) is 1.72. The Morgan fingerprint density at radius 2 is 2.18 bits per heavy atom. The number of nitrogens with two attached hydrogens (primary N) is 1. The summed E-state index contributed by atoms with van der Waals surface area (Å²) in [4.78, 5) is 0. The topological polar surface area (TPSA) is 66.0 Å². The number of aromatic nitrogens is 3. The Morgan fingerprint density at radius 3 is 2.82 bits per heavy atom. The maximum absolute atomic E-state index is 5.71. The van der Waals surface area contributed by atoms with Gasteiger partial charge in [-0.25, -0.2) is 0 Å². The zero-order valence-electron chi connectivity index (χ0n) is 10.5. The normalized spacial score (nSPS) is 25.1. The van der Waals surface area contributed by atoms with Crippen LogP contribution in [0, 0.1) is 5.92 Å². The molecule has 0 aromatic carbocycles. The summed E-state index contributed by atoms with van der Waals surface area (Å²) in [6, 6.07) is 0. The summed E-state index contributed by atoms with van der Waals surface area (Å²) >= 11 is 0. The van der Waals surface area contributed by atoms with Crippen LogP contribution in [0.15, 0.2) is 6.33 Å². The number of methoxy groups -OCH3 is 1. The Hall–Kier alpha value is -0.940. The second-order valence-corrected chi connectivity index (χ2v) is 4.83. The lowest BCUT2D eigenvalue weighted by Gasteiger charge is -2.27. The van der Waals surface area contributed by atoms with Crippen LogP contribution in [-0.2, 0) is 11.3 Å². The van der Waals surface area contributed by atoms with Crippen molar-refractivity contribution in [2.75, 3.05) is 20.3 Å². The van der Waals surface area contributed by atoms with Crippen molar-refractivity contribution in [3.8, 4) is 0 Å². The molecule has 2 rings (SSSR count). The van der Waals surface area contributed by atoms with Crippen LogP contribution in [0.4, 0.5) is 0 Å². The largest absolute Gasteiger partial charge is 0.383 e. The highest BCUT2D eigenvalue weighted by atomic mass is 16.5. The average Bonchev–Trinajstić information content (AvgIpc) is 2.84. The lowest BCUT2D eigenvalue weighted by atomic mass is 9.81. The van der Waals surface area contributed by atoms with Gasteiger partial charge in [0.1, 0.15) is 12.2 Å². The zero-order chi connectivity index (χ0) is 12.1. The molecule has 1 heterocycles. The molecule has 0 aliphatic heterocycles. The molecule has 1 aromatic rings. The van der Waals surface area contributed by atoms with Gasteiger partial charge < -0.3 is 15.0 Å². The van der Waals surface area contributed by atoms with Crippen LogP contribution in [0.3, 0.4) is 0 Å². The molecule has 0 bridgehead atoms. The van der Waals surface area contributed by atoms with Crippen LogP contribution in [0.5, 0.6) is 0 Å². The number of hydrogen-bond donors (Lipinski definition) is 1. The van der Waals surface area contributed by atoms with E-state index in [1.54, 1.807) is 7.11 Å². The van der Waals surface area contributed by atoms with Gasteiger partial charge in [-0.05, 0) is 38.1 Å². The van der Waals surface area contributed by atoms with E-state index in [0.29, 0.717) is 18.4 Å². The molecule has 0 unspecified atom stereocenters. The highest BCUT2D eigenvalue weighted by Gasteiger charge is 2.24. The molecule has 1 aromatic heterocycles. The molecule has 1 aliphatic rings. The number of rotatable bonds is 5. The predicted octanol–water partition coefficient (Wildman–Crippen LogP) is 1.16. The minimum absolute atomic E-state index is 0.553. The van der Waals surface area contributed by atoms with Crippen LogP contribution in [0.25, 0.3) is 0 Å². The van der Waals surface area contributed by atoms with E-state index in [1.807, 2.05) is 6.33 Å². The third-order valence-electron chi connectivity index (χ3n) is 3.73. The summed E-state index contributed by atoms with van der Waals surface area (Å²) in [6.07, 6.45) is 6.63. The standard InChI is InChI=1S/C12H22N4O/c1-17-7-6-16-9-14-15-12(16)11-4-2-10(8-13)3-5-11/h9-11H,2-8,13H2,1H3.